The Kier molecular flexibility index (Phi) is 5.23. The van der Waals surface area contributed by atoms with Crippen LogP contribution < -0.4 is 11.1 Å². The van der Waals surface area contributed by atoms with Gasteiger partial charge in [0.05, 0.1) is 18.8 Å². The molecule has 1 amide bonds. The van der Waals surface area contributed by atoms with Crippen molar-refractivity contribution >= 4 is 11.6 Å². The third kappa shape index (κ3) is 3.92. The number of carbonyl (C=O) groups excluding carboxylic acids is 1. The molecule has 1 aromatic rings. The lowest BCUT2D eigenvalue weighted by Gasteiger charge is -2.09. The van der Waals surface area contributed by atoms with E-state index in [2.05, 4.69) is 11.9 Å². The summed E-state index contributed by atoms with van der Waals surface area (Å²) in [6.07, 6.45) is 1.67. The van der Waals surface area contributed by atoms with Crippen molar-refractivity contribution in [1.82, 2.24) is 5.32 Å². The molecular weight excluding hydrogens is 216 g/mol. The summed E-state index contributed by atoms with van der Waals surface area (Å²) in [5.74, 6) is -0.164. The average Bonchev–Trinajstić information content (AvgIpc) is 2.28. The predicted molar refractivity (Wildman–Crippen MR) is 68.9 cm³/mol. The number of hydrogen-bond donors (Lipinski definition) is 2. The maximum atomic E-state index is 11.9. The highest BCUT2D eigenvalue weighted by molar-refractivity contribution is 6.00. The highest BCUT2D eigenvalue weighted by Crippen LogP contribution is 2.15. The summed E-state index contributed by atoms with van der Waals surface area (Å²) in [5.41, 5.74) is 7.67. The highest BCUT2D eigenvalue weighted by atomic mass is 16.5. The molecule has 0 atom stereocenters. The normalized spacial score (nSPS) is 9.94. The summed E-state index contributed by atoms with van der Waals surface area (Å²) in [4.78, 5) is 11.9. The van der Waals surface area contributed by atoms with E-state index in [1.807, 2.05) is 19.1 Å². The standard InChI is InChI=1S/C13H18N2O2/c1-3-8-17-9-7-15-13(16)12-10(2)5-4-6-11(12)14/h3-6H,1,7-9,14H2,2H3,(H,15,16). The molecule has 4 nitrogen and oxygen atoms in total. The van der Waals surface area contributed by atoms with E-state index in [0.717, 1.165) is 5.56 Å². The zero-order chi connectivity index (χ0) is 12.7. The minimum Gasteiger partial charge on any atom is -0.398 e. The Morgan fingerprint density at radius 1 is 1.59 bits per heavy atom. The van der Waals surface area contributed by atoms with Crippen molar-refractivity contribution in [3.05, 3.63) is 42.0 Å². The second-order valence-corrected chi connectivity index (χ2v) is 3.66. The number of nitrogens with one attached hydrogen (secondary N) is 1. The molecule has 1 rings (SSSR count). The van der Waals surface area contributed by atoms with E-state index in [-0.39, 0.29) is 5.91 Å². The largest absolute Gasteiger partial charge is 0.398 e. The first-order chi connectivity index (χ1) is 8.16. The van der Waals surface area contributed by atoms with Crippen molar-refractivity contribution in [2.75, 3.05) is 25.5 Å². The molecule has 0 saturated carbocycles. The number of rotatable bonds is 6. The number of nitrogens with two attached hydrogens (primary N) is 1. The first kappa shape index (κ1) is 13.3. The Morgan fingerprint density at radius 3 is 3.00 bits per heavy atom. The maximum absolute atomic E-state index is 11.9. The minimum absolute atomic E-state index is 0.164. The summed E-state index contributed by atoms with van der Waals surface area (Å²) >= 11 is 0. The van der Waals surface area contributed by atoms with Crippen LogP contribution in [0.2, 0.25) is 0 Å². The fourth-order valence-electron chi connectivity index (χ4n) is 1.49. The molecule has 0 heterocycles. The van der Waals surface area contributed by atoms with Crippen LogP contribution in [0.4, 0.5) is 5.69 Å². The first-order valence-electron chi connectivity index (χ1n) is 5.48. The monoisotopic (exact) mass is 234 g/mol. The van der Waals surface area contributed by atoms with Gasteiger partial charge >= 0.3 is 0 Å². The molecule has 0 aromatic heterocycles. The summed E-state index contributed by atoms with van der Waals surface area (Å²) < 4.78 is 5.17. The van der Waals surface area contributed by atoms with E-state index in [4.69, 9.17) is 10.5 Å². The number of nitrogen functional groups attached to an aromatic ring is 1. The SMILES string of the molecule is C=CCOCCNC(=O)c1c(C)cccc1N. The Morgan fingerprint density at radius 2 is 2.35 bits per heavy atom. The van der Waals surface area contributed by atoms with Crippen LogP contribution in [0.3, 0.4) is 0 Å². The molecule has 3 N–H and O–H groups in total. The summed E-state index contributed by atoms with van der Waals surface area (Å²) in [6, 6.07) is 5.41. The van der Waals surface area contributed by atoms with Gasteiger partial charge < -0.3 is 15.8 Å². The van der Waals surface area contributed by atoms with Gasteiger partial charge in [-0.2, -0.15) is 0 Å². The number of amides is 1. The van der Waals surface area contributed by atoms with Crippen LogP contribution in [-0.4, -0.2) is 25.7 Å². The fourth-order valence-corrected chi connectivity index (χ4v) is 1.49. The Bertz CT molecular complexity index is 382. The number of benzene rings is 1. The minimum atomic E-state index is -0.164. The smallest absolute Gasteiger partial charge is 0.253 e. The maximum Gasteiger partial charge on any atom is 0.253 e. The molecule has 0 aliphatic heterocycles. The van der Waals surface area contributed by atoms with Crippen molar-refractivity contribution in [2.24, 2.45) is 0 Å². The molecule has 1 aromatic carbocycles. The Balaban J connectivity index is 2.50. The molecule has 0 aliphatic rings. The van der Waals surface area contributed by atoms with Gasteiger partial charge in [0.1, 0.15) is 0 Å². The molecule has 0 unspecified atom stereocenters. The van der Waals surface area contributed by atoms with Crippen LogP contribution in [0, 0.1) is 6.92 Å². The Labute approximate surface area is 101 Å². The van der Waals surface area contributed by atoms with E-state index >= 15 is 0 Å². The third-order valence-electron chi connectivity index (χ3n) is 2.30. The molecule has 0 aliphatic carbocycles. The van der Waals surface area contributed by atoms with Gasteiger partial charge in [0.25, 0.3) is 5.91 Å². The van der Waals surface area contributed by atoms with Crippen molar-refractivity contribution < 1.29 is 9.53 Å². The molecule has 0 radical (unpaired) electrons. The number of anilines is 1. The van der Waals surface area contributed by atoms with Crippen LogP contribution in [-0.2, 0) is 4.74 Å². The van der Waals surface area contributed by atoms with Gasteiger partial charge in [-0.25, -0.2) is 0 Å². The van der Waals surface area contributed by atoms with E-state index in [9.17, 15) is 4.79 Å². The van der Waals surface area contributed by atoms with Crippen LogP contribution in [0.15, 0.2) is 30.9 Å². The quantitative estimate of drug-likeness (QED) is 0.445. The van der Waals surface area contributed by atoms with Crippen LogP contribution in [0.5, 0.6) is 0 Å². The van der Waals surface area contributed by atoms with E-state index in [1.54, 1.807) is 12.1 Å². The number of hydrogen-bond acceptors (Lipinski definition) is 3. The van der Waals surface area contributed by atoms with Gasteiger partial charge in [-0.1, -0.05) is 18.2 Å². The lowest BCUT2D eigenvalue weighted by Crippen LogP contribution is -2.28. The molecule has 17 heavy (non-hydrogen) atoms. The van der Waals surface area contributed by atoms with Gasteiger partial charge in [0.15, 0.2) is 0 Å². The Hall–Kier alpha value is -1.81. The van der Waals surface area contributed by atoms with E-state index in [0.29, 0.717) is 31.0 Å². The fraction of sp³-hybridized carbons (Fsp3) is 0.308. The molecular formula is C13H18N2O2. The second kappa shape index (κ2) is 6.70. The van der Waals surface area contributed by atoms with Crippen molar-refractivity contribution in [1.29, 1.82) is 0 Å². The molecule has 0 fully saturated rings. The third-order valence-corrected chi connectivity index (χ3v) is 2.30. The molecule has 0 saturated heterocycles. The summed E-state index contributed by atoms with van der Waals surface area (Å²) in [6.45, 7) is 6.81. The van der Waals surface area contributed by atoms with Gasteiger partial charge in [-0.3, -0.25) is 4.79 Å². The van der Waals surface area contributed by atoms with Gasteiger partial charge in [-0.15, -0.1) is 6.58 Å². The lowest BCUT2D eigenvalue weighted by molar-refractivity contribution is 0.0929. The van der Waals surface area contributed by atoms with Gasteiger partial charge in [0.2, 0.25) is 0 Å². The number of aryl methyl sites for hydroxylation is 1. The number of ether oxygens (including phenoxy) is 1. The topological polar surface area (TPSA) is 64.3 Å². The first-order valence-corrected chi connectivity index (χ1v) is 5.48. The summed E-state index contributed by atoms with van der Waals surface area (Å²) in [7, 11) is 0. The summed E-state index contributed by atoms with van der Waals surface area (Å²) in [5, 5.41) is 2.76. The van der Waals surface area contributed by atoms with E-state index in [1.165, 1.54) is 0 Å². The predicted octanol–water partition coefficient (Wildman–Crippen LogP) is 1.51. The molecule has 0 bridgehead atoms. The lowest BCUT2D eigenvalue weighted by atomic mass is 10.1. The zero-order valence-corrected chi connectivity index (χ0v) is 10.0. The number of carbonyl (C=O) groups is 1. The van der Waals surface area contributed by atoms with E-state index < -0.39 is 0 Å². The van der Waals surface area contributed by atoms with Crippen LogP contribution in [0.25, 0.3) is 0 Å². The average molecular weight is 234 g/mol. The zero-order valence-electron chi connectivity index (χ0n) is 10.0. The van der Waals surface area contributed by atoms with Gasteiger partial charge in [-0.05, 0) is 18.6 Å². The van der Waals surface area contributed by atoms with Crippen molar-refractivity contribution in [3.63, 3.8) is 0 Å². The van der Waals surface area contributed by atoms with Crippen LogP contribution >= 0.6 is 0 Å². The van der Waals surface area contributed by atoms with Crippen molar-refractivity contribution in [2.45, 2.75) is 6.92 Å². The second-order valence-electron chi connectivity index (χ2n) is 3.66. The molecule has 92 valence electrons. The highest BCUT2D eigenvalue weighted by Gasteiger charge is 2.11. The molecule has 0 spiro atoms. The van der Waals surface area contributed by atoms with Crippen molar-refractivity contribution in [3.8, 4) is 0 Å². The molecule has 4 heteroatoms. The van der Waals surface area contributed by atoms with Crippen LogP contribution in [0.1, 0.15) is 15.9 Å². The van der Waals surface area contributed by atoms with Gasteiger partial charge in [0, 0.05) is 12.2 Å².